The SMILES string of the molecule is CSC(C)(CCc1ccc(OC2CCCC2)cc1)C(N)=O. The quantitative estimate of drug-likeness (QED) is 0.838. The maximum Gasteiger partial charge on any atom is 0.233 e. The number of ether oxygens (including phenoxy) is 1. The van der Waals surface area contributed by atoms with Gasteiger partial charge in [-0.3, -0.25) is 4.79 Å². The molecule has 0 spiro atoms. The third-order valence-electron chi connectivity index (χ3n) is 4.39. The lowest BCUT2D eigenvalue weighted by molar-refractivity contribution is -0.120. The van der Waals surface area contributed by atoms with Gasteiger partial charge in [-0.2, -0.15) is 0 Å². The summed E-state index contributed by atoms with van der Waals surface area (Å²) in [6.45, 7) is 1.91. The van der Waals surface area contributed by atoms with Crippen molar-refractivity contribution in [3.05, 3.63) is 29.8 Å². The first-order chi connectivity index (χ1) is 10.0. The molecule has 0 aliphatic heterocycles. The standard InChI is InChI=1S/C17H25NO2S/c1-17(21-2,16(18)19)12-11-13-7-9-15(10-8-13)20-14-5-3-4-6-14/h7-10,14H,3-6,11-12H2,1-2H3,(H2,18,19). The van der Waals surface area contributed by atoms with E-state index >= 15 is 0 Å². The van der Waals surface area contributed by atoms with Crippen LogP contribution in [0.4, 0.5) is 0 Å². The summed E-state index contributed by atoms with van der Waals surface area (Å²) in [6.07, 6.45) is 8.84. The van der Waals surface area contributed by atoms with Crippen molar-refractivity contribution >= 4 is 17.7 Å². The molecule has 1 aromatic rings. The fraction of sp³-hybridized carbons (Fsp3) is 0.588. The molecule has 0 heterocycles. The zero-order chi connectivity index (χ0) is 15.3. The van der Waals surface area contributed by atoms with Gasteiger partial charge in [-0.15, -0.1) is 11.8 Å². The van der Waals surface area contributed by atoms with Crippen molar-refractivity contribution in [1.82, 2.24) is 0 Å². The van der Waals surface area contributed by atoms with Crippen LogP contribution in [0.5, 0.6) is 5.75 Å². The van der Waals surface area contributed by atoms with Crippen LogP contribution in [0.15, 0.2) is 24.3 Å². The van der Waals surface area contributed by atoms with Crippen molar-refractivity contribution in [2.45, 2.75) is 56.3 Å². The van der Waals surface area contributed by atoms with Crippen molar-refractivity contribution in [2.24, 2.45) is 5.73 Å². The molecule has 4 heteroatoms. The van der Waals surface area contributed by atoms with E-state index in [1.54, 1.807) is 0 Å². The molecular formula is C17H25NO2S. The van der Waals surface area contributed by atoms with Crippen molar-refractivity contribution in [1.29, 1.82) is 0 Å². The van der Waals surface area contributed by atoms with E-state index in [2.05, 4.69) is 12.1 Å². The van der Waals surface area contributed by atoms with Crippen LogP contribution >= 0.6 is 11.8 Å². The third kappa shape index (κ3) is 4.40. The van der Waals surface area contributed by atoms with Gasteiger partial charge >= 0.3 is 0 Å². The molecule has 1 unspecified atom stereocenters. The van der Waals surface area contributed by atoms with E-state index in [0.717, 1.165) is 18.6 Å². The first kappa shape index (κ1) is 16.2. The van der Waals surface area contributed by atoms with Gasteiger partial charge in [0, 0.05) is 0 Å². The monoisotopic (exact) mass is 307 g/mol. The number of benzene rings is 1. The minimum Gasteiger partial charge on any atom is -0.490 e. The molecule has 0 bridgehead atoms. The molecule has 1 amide bonds. The molecule has 2 N–H and O–H groups in total. The molecule has 1 aliphatic rings. The fourth-order valence-corrected chi connectivity index (χ4v) is 3.15. The van der Waals surface area contributed by atoms with E-state index in [1.165, 1.54) is 43.0 Å². The van der Waals surface area contributed by atoms with Gasteiger partial charge in [0.25, 0.3) is 0 Å². The highest BCUT2D eigenvalue weighted by Gasteiger charge is 2.29. The summed E-state index contributed by atoms with van der Waals surface area (Å²) < 4.78 is 5.47. The van der Waals surface area contributed by atoms with Gasteiger partial charge in [0.1, 0.15) is 5.75 Å². The highest BCUT2D eigenvalue weighted by molar-refractivity contribution is 8.00. The van der Waals surface area contributed by atoms with Crippen molar-refractivity contribution in [2.75, 3.05) is 6.26 Å². The minimum absolute atomic E-state index is 0.240. The molecule has 1 atom stereocenters. The van der Waals surface area contributed by atoms with Gasteiger partial charge in [-0.05, 0) is 69.4 Å². The van der Waals surface area contributed by atoms with Crippen LogP contribution in [0.3, 0.4) is 0 Å². The normalized spacial score (nSPS) is 18.4. The number of aryl methyl sites for hydroxylation is 1. The van der Waals surface area contributed by atoms with E-state index in [9.17, 15) is 4.79 Å². The first-order valence-electron chi connectivity index (χ1n) is 7.64. The molecule has 1 aromatic carbocycles. The Morgan fingerprint density at radius 1 is 1.33 bits per heavy atom. The molecule has 0 radical (unpaired) electrons. The number of carbonyl (C=O) groups excluding carboxylic acids is 1. The number of rotatable bonds is 7. The molecule has 0 saturated heterocycles. The van der Waals surface area contributed by atoms with Crippen molar-refractivity contribution in [3.63, 3.8) is 0 Å². The van der Waals surface area contributed by atoms with Crippen molar-refractivity contribution in [3.8, 4) is 5.75 Å². The first-order valence-corrected chi connectivity index (χ1v) is 8.86. The van der Waals surface area contributed by atoms with E-state index in [4.69, 9.17) is 10.5 Å². The lowest BCUT2D eigenvalue weighted by Crippen LogP contribution is -2.38. The minimum atomic E-state index is -0.487. The third-order valence-corrected chi connectivity index (χ3v) is 5.70. The molecule has 3 nitrogen and oxygen atoms in total. The summed E-state index contributed by atoms with van der Waals surface area (Å²) in [5, 5.41) is 0. The Hall–Kier alpha value is -1.16. The summed E-state index contributed by atoms with van der Waals surface area (Å²) in [7, 11) is 0. The second-order valence-corrected chi connectivity index (χ2v) is 7.28. The molecule has 116 valence electrons. The van der Waals surface area contributed by atoms with E-state index in [1.807, 2.05) is 25.3 Å². The van der Waals surface area contributed by atoms with Gasteiger partial charge in [0.15, 0.2) is 0 Å². The van der Waals surface area contributed by atoms with Crippen LogP contribution in [0.1, 0.15) is 44.6 Å². The Morgan fingerprint density at radius 3 is 2.48 bits per heavy atom. The predicted octanol–water partition coefficient (Wildman–Crippen LogP) is 3.55. The van der Waals surface area contributed by atoms with Crippen LogP contribution < -0.4 is 10.5 Å². The zero-order valence-corrected chi connectivity index (χ0v) is 13.7. The summed E-state index contributed by atoms with van der Waals surface area (Å²) in [5.41, 5.74) is 6.70. The van der Waals surface area contributed by atoms with Gasteiger partial charge in [-0.1, -0.05) is 12.1 Å². The lowest BCUT2D eigenvalue weighted by atomic mass is 9.99. The Balaban J connectivity index is 1.88. The van der Waals surface area contributed by atoms with E-state index in [0.29, 0.717) is 6.10 Å². The van der Waals surface area contributed by atoms with Gasteiger partial charge < -0.3 is 10.5 Å². The molecular weight excluding hydrogens is 282 g/mol. The second kappa shape index (κ2) is 7.21. The number of hydrogen-bond donors (Lipinski definition) is 1. The number of thioether (sulfide) groups is 1. The van der Waals surface area contributed by atoms with E-state index < -0.39 is 4.75 Å². The Bertz CT molecular complexity index is 468. The molecule has 1 fully saturated rings. The second-order valence-electron chi connectivity index (χ2n) is 5.97. The van der Waals surface area contributed by atoms with E-state index in [-0.39, 0.29) is 5.91 Å². The van der Waals surface area contributed by atoms with Crippen LogP contribution in [0, 0.1) is 0 Å². The maximum atomic E-state index is 11.5. The number of nitrogens with two attached hydrogens (primary N) is 1. The molecule has 1 saturated carbocycles. The highest BCUT2D eigenvalue weighted by atomic mass is 32.2. The molecule has 21 heavy (non-hydrogen) atoms. The van der Waals surface area contributed by atoms with Gasteiger partial charge in [0.2, 0.25) is 5.91 Å². The van der Waals surface area contributed by atoms with Crippen LogP contribution in [0.2, 0.25) is 0 Å². The fourth-order valence-electron chi connectivity index (χ4n) is 2.64. The van der Waals surface area contributed by atoms with Crippen LogP contribution in [0.25, 0.3) is 0 Å². The lowest BCUT2D eigenvalue weighted by Gasteiger charge is -2.23. The predicted molar refractivity (Wildman–Crippen MR) is 88.8 cm³/mol. The summed E-state index contributed by atoms with van der Waals surface area (Å²) in [6, 6.07) is 8.25. The molecule has 0 aromatic heterocycles. The number of primary amides is 1. The highest BCUT2D eigenvalue weighted by Crippen LogP contribution is 2.28. The molecule has 1 aliphatic carbocycles. The maximum absolute atomic E-state index is 11.5. The Morgan fingerprint density at radius 2 is 1.95 bits per heavy atom. The Labute approximate surface area is 131 Å². The average molecular weight is 307 g/mol. The van der Waals surface area contributed by atoms with Crippen LogP contribution in [-0.2, 0) is 11.2 Å². The summed E-state index contributed by atoms with van der Waals surface area (Å²) in [4.78, 5) is 11.5. The topological polar surface area (TPSA) is 52.3 Å². The van der Waals surface area contributed by atoms with Gasteiger partial charge in [-0.25, -0.2) is 0 Å². The van der Waals surface area contributed by atoms with Crippen LogP contribution in [-0.4, -0.2) is 23.0 Å². The summed E-state index contributed by atoms with van der Waals surface area (Å²) in [5.74, 6) is 0.712. The number of hydrogen-bond acceptors (Lipinski definition) is 3. The Kier molecular flexibility index (Phi) is 5.57. The number of amides is 1. The smallest absolute Gasteiger partial charge is 0.233 e. The summed E-state index contributed by atoms with van der Waals surface area (Å²) >= 11 is 1.52. The average Bonchev–Trinajstić information content (AvgIpc) is 2.99. The molecule has 2 rings (SSSR count). The van der Waals surface area contributed by atoms with Gasteiger partial charge in [0.05, 0.1) is 10.9 Å². The van der Waals surface area contributed by atoms with Crippen molar-refractivity contribution < 1.29 is 9.53 Å². The largest absolute Gasteiger partial charge is 0.490 e. The number of carbonyl (C=O) groups is 1. The zero-order valence-electron chi connectivity index (χ0n) is 12.9.